The van der Waals surface area contributed by atoms with E-state index in [4.69, 9.17) is 19.9 Å². The Kier molecular flexibility index (Phi) is 7.90. The van der Waals surface area contributed by atoms with Crippen molar-refractivity contribution in [2.75, 3.05) is 0 Å². The Balaban J connectivity index is 0.971. The Labute approximate surface area is 362 Å². The fourth-order valence-electron chi connectivity index (χ4n) is 9.84. The van der Waals surface area contributed by atoms with E-state index in [1.54, 1.807) is 0 Å². The van der Waals surface area contributed by atoms with Gasteiger partial charge in [0.15, 0.2) is 0 Å². The van der Waals surface area contributed by atoms with Crippen LogP contribution in [-0.2, 0) is 6.42 Å². The number of para-hydroxylation sites is 5. The first kappa shape index (κ1) is 35.3. The molecule has 7 heterocycles. The molecule has 0 unspecified atom stereocenters. The Hall–Kier alpha value is -8.42. The average Bonchev–Trinajstić information content (AvgIpc) is 4.00. The Morgan fingerprint density at radius 1 is 0.333 bits per heavy atom. The number of nitrogens with zero attached hydrogens (tertiary/aromatic N) is 7. The molecule has 5 aromatic carbocycles. The number of pyridine rings is 4. The van der Waals surface area contributed by atoms with Crippen molar-refractivity contribution in [2.45, 2.75) is 12.8 Å². The maximum absolute atomic E-state index is 5.61. The normalized spacial score (nSPS) is 12.6. The van der Waals surface area contributed by atoms with Crippen LogP contribution in [0.3, 0.4) is 0 Å². The molecule has 1 aliphatic rings. The molecule has 12 aromatic rings. The second-order valence-electron chi connectivity index (χ2n) is 16.1. The summed E-state index contributed by atoms with van der Waals surface area (Å²) in [6.45, 7) is 0. The van der Waals surface area contributed by atoms with Crippen LogP contribution in [0.4, 0.5) is 0 Å². The highest BCUT2D eigenvalue weighted by atomic mass is 15.1. The van der Waals surface area contributed by atoms with E-state index in [0.29, 0.717) is 0 Å². The number of allylic oxidation sites excluding steroid dienone is 1. The van der Waals surface area contributed by atoms with Gasteiger partial charge in [0.25, 0.3) is 0 Å². The molecule has 7 nitrogen and oxygen atoms in total. The van der Waals surface area contributed by atoms with Crippen LogP contribution in [0, 0.1) is 0 Å². The van der Waals surface area contributed by atoms with Gasteiger partial charge in [-0.2, -0.15) is 0 Å². The monoisotopic (exact) mass is 807 g/mol. The maximum Gasteiger partial charge on any atom is 0.138 e. The zero-order chi connectivity index (χ0) is 41.4. The second-order valence-corrected chi connectivity index (χ2v) is 16.1. The van der Waals surface area contributed by atoms with E-state index in [0.717, 1.165) is 91.9 Å². The van der Waals surface area contributed by atoms with Crippen molar-refractivity contribution in [2.24, 2.45) is 0 Å². The topological polar surface area (TPSA) is 66.3 Å². The molecule has 0 aliphatic heterocycles. The molecule has 63 heavy (non-hydrogen) atoms. The Morgan fingerprint density at radius 2 is 0.778 bits per heavy atom. The first-order valence-corrected chi connectivity index (χ1v) is 21.5. The van der Waals surface area contributed by atoms with Crippen LogP contribution in [0.5, 0.6) is 0 Å². The van der Waals surface area contributed by atoms with Crippen LogP contribution in [0.25, 0.3) is 112 Å². The van der Waals surface area contributed by atoms with Crippen molar-refractivity contribution >= 4 is 60.6 Å². The zero-order valence-electron chi connectivity index (χ0n) is 34.1. The van der Waals surface area contributed by atoms with Gasteiger partial charge in [-0.05, 0) is 91.7 Å². The van der Waals surface area contributed by atoms with E-state index in [1.807, 2.05) is 30.3 Å². The van der Waals surface area contributed by atoms with Crippen LogP contribution >= 0.6 is 0 Å². The van der Waals surface area contributed by atoms with Crippen molar-refractivity contribution in [3.63, 3.8) is 0 Å². The lowest BCUT2D eigenvalue weighted by Crippen LogP contribution is -2.08. The zero-order valence-corrected chi connectivity index (χ0v) is 34.1. The van der Waals surface area contributed by atoms with Crippen LogP contribution in [-0.4, -0.2) is 33.6 Å². The van der Waals surface area contributed by atoms with Gasteiger partial charge in [-0.3, -0.25) is 9.13 Å². The second kappa shape index (κ2) is 14.1. The van der Waals surface area contributed by atoms with E-state index in [2.05, 4.69) is 184 Å². The molecule has 7 aromatic heterocycles. The van der Waals surface area contributed by atoms with Gasteiger partial charge < -0.3 is 4.57 Å². The number of hydrogen-bond donors (Lipinski definition) is 0. The first-order valence-electron chi connectivity index (χ1n) is 21.5. The van der Waals surface area contributed by atoms with Gasteiger partial charge in [-0.25, -0.2) is 19.9 Å². The van der Waals surface area contributed by atoms with E-state index in [9.17, 15) is 0 Å². The quantitative estimate of drug-likeness (QED) is 0.168. The van der Waals surface area contributed by atoms with Gasteiger partial charge in [0.05, 0.1) is 61.7 Å². The summed E-state index contributed by atoms with van der Waals surface area (Å²) in [4.78, 5) is 21.4. The van der Waals surface area contributed by atoms with Crippen LogP contribution in [0.15, 0.2) is 194 Å². The van der Waals surface area contributed by atoms with Crippen LogP contribution in [0.2, 0.25) is 0 Å². The maximum atomic E-state index is 5.61. The van der Waals surface area contributed by atoms with Gasteiger partial charge in [0.1, 0.15) is 17.3 Å². The summed E-state index contributed by atoms with van der Waals surface area (Å²) < 4.78 is 6.93. The third-order valence-electron chi connectivity index (χ3n) is 12.6. The summed E-state index contributed by atoms with van der Waals surface area (Å²) in [5.74, 6) is 1.71. The van der Waals surface area contributed by atoms with Crippen molar-refractivity contribution in [1.82, 2.24) is 33.6 Å². The van der Waals surface area contributed by atoms with E-state index < -0.39 is 0 Å². The standard InChI is InChI=1S/C56H37N7/c1-7-27-47-36(16-1)37-17-2-8-28-48(37)61(47)53-34-35-55(63-51-31-11-5-20-40(51)41-21-6-12-32-52(41)63)60-56(53)46-26-14-24-43(58-46)42-22-13-23-44(57-42)45-25-15-33-54(59-45)62-49-29-9-3-18-38(49)39-19-4-10-30-50(39)62/h1-11,13-31,33-35H,12,32H2. The van der Waals surface area contributed by atoms with Crippen molar-refractivity contribution in [3.8, 4) is 51.5 Å². The summed E-state index contributed by atoms with van der Waals surface area (Å²) in [5.41, 5.74) is 13.7. The largest absolute Gasteiger partial charge is 0.307 e. The molecular formula is C56H37N7. The van der Waals surface area contributed by atoms with Gasteiger partial charge in [-0.1, -0.05) is 121 Å². The van der Waals surface area contributed by atoms with Crippen LogP contribution < -0.4 is 0 Å². The molecule has 0 bridgehead atoms. The summed E-state index contributed by atoms with van der Waals surface area (Å²) >= 11 is 0. The highest BCUT2D eigenvalue weighted by Gasteiger charge is 2.23. The number of hydrogen-bond acceptors (Lipinski definition) is 4. The molecule has 0 atom stereocenters. The van der Waals surface area contributed by atoms with E-state index >= 15 is 0 Å². The third-order valence-corrected chi connectivity index (χ3v) is 12.6. The summed E-state index contributed by atoms with van der Waals surface area (Å²) in [6, 6.07) is 65.7. The Morgan fingerprint density at radius 3 is 1.37 bits per heavy atom. The minimum absolute atomic E-state index is 0.752. The molecule has 7 heteroatoms. The summed E-state index contributed by atoms with van der Waals surface area (Å²) in [6.07, 6.45) is 6.48. The fourth-order valence-corrected chi connectivity index (χ4v) is 9.84. The van der Waals surface area contributed by atoms with Crippen molar-refractivity contribution in [3.05, 3.63) is 205 Å². The summed E-state index contributed by atoms with van der Waals surface area (Å²) in [5, 5.41) is 6.02. The molecule has 0 N–H and O–H groups in total. The third kappa shape index (κ3) is 5.53. The Bertz CT molecular complexity index is 3720. The first-order chi connectivity index (χ1) is 31.3. The number of benzene rings is 5. The minimum atomic E-state index is 0.752. The van der Waals surface area contributed by atoms with Gasteiger partial charge in [0, 0.05) is 38.2 Å². The highest BCUT2D eigenvalue weighted by molar-refractivity contribution is 6.10. The average molecular weight is 808 g/mol. The van der Waals surface area contributed by atoms with Crippen molar-refractivity contribution < 1.29 is 0 Å². The smallest absolute Gasteiger partial charge is 0.138 e. The number of aromatic nitrogens is 7. The van der Waals surface area contributed by atoms with E-state index in [-0.39, 0.29) is 0 Å². The molecule has 0 saturated carbocycles. The molecule has 0 amide bonds. The lowest BCUT2D eigenvalue weighted by molar-refractivity contribution is 0.870. The minimum Gasteiger partial charge on any atom is -0.307 e. The van der Waals surface area contributed by atoms with Crippen LogP contribution in [0.1, 0.15) is 17.7 Å². The SMILES string of the molecule is C1=Cc2c(n(-c3ccc(-n4c5ccccc5c5ccccc54)c(-c4cccc(-c5cccc(-c6cccc(-n7c8ccccc8c8ccccc87)n6)n5)n4)n3)c3ccccc23)CC1. The lowest BCUT2D eigenvalue weighted by atomic mass is 10.0. The lowest BCUT2D eigenvalue weighted by Gasteiger charge is -2.17. The highest BCUT2D eigenvalue weighted by Crippen LogP contribution is 2.39. The van der Waals surface area contributed by atoms with Gasteiger partial charge in [0.2, 0.25) is 0 Å². The molecule has 13 rings (SSSR count). The molecule has 0 radical (unpaired) electrons. The molecule has 0 fully saturated rings. The number of fused-ring (bicyclic) bond motifs is 9. The van der Waals surface area contributed by atoms with Crippen molar-refractivity contribution in [1.29, 1.82) is 0 Å². The molecule has 0 saturated heterocycles. The predicted molar refractivity (Wildman–Crippen MR) is 257 cm³/mol. The van der Waals surface area contributed by atoms with E-state index in [1.165, 1.54) is 38.2 Å². The van der Waals surface area contributed by atoms with Gasteiger partial charge >= 0.3 is 0 Å². The molecule has 296 valence electrons. The summed E-state index contributed by atoms with van der Waals surface area (Å²) in [7, 11) is 0. The predicted octanol–water partition coefficient (Wildman–Crippen LogP) is 13.4. The molecule has 1 aliphatic carbocycles. The molecule has 0 spiro atoms. The fraction of sp³-hybridized carbons (Fsp3) is 0.0357. The van der Waals surface area contributed by atoms with Gasteiger partial charge in [-0.15, -0.1) is 0 Å². The number of rotatable bonds is 6. The molecular weight excluding hydrogens is 771 g/mol.